The van der Waals surface area contributed by atoms with Gasteiger partial charge in [0.15, 0.2) is 11.5 Å². The van der Waals surface area contributed by atoms with Crippen molar-refractivity contribution in [2.24, 2.45) is 0 Å². The van der Waals surface area contributed by atoms with E-state index in [1.165, 1.54) is 57.8 Å². The Hall–Kier alpha value is -1.95. The number of aromatic hydroxyl groups is 1. The van der Waals surface area contributed by atoms with Gasteiger partial charge in [-0.05, 0) is 44.1 Å². The fourth-order valence-corrected chi connectivity index (χ4v) is 5.70. The van der Waals surface area contributed by atoms with Gasteiger partial charge in [-0.2, -0.15) is 4.89 Å². The van der Waals surface area contributed by atoms with Crippen molar-refractivity contribution in [1.82, 2.24) is 0 Å². The molecule has 0 amide bonds. The first-order chi connectivity index (χ1) is 21.0. The van der Waals surface area contributed by atoms with E-state index in [-0.39, 0.29) is 17.1 Å². The van der Waals surface area contributed by atoms with E-state index in [0.717, 1.165) is 89.0 Å². The largest absolute Gasteiger partial charge is 0.503 e. The van der Waals surface area contributed by atoms with E-state index in [4.69, 9.17) is 14.5 Å². The number of carbonyl (C=O) groups is 1. The molecule has 0 unspecified atom stereocenters. The van der Waals surface area contributed by atoms with Gasteiger partial charge in [0.05, 0.1) is 13.2 Å². The van der Waals surface area contributed by atoms with Crippen molar-refractivity contribution in [2.75, 3.05) is 13.2 Å². The molecule has 0 atom stereocenters. The second-order valence-corrected chi connectivity index (χ2v) is 12.3. The molecule has 0 saturated heterocycles. The molecule has 0 bridgehead atoms. The maximum Gasteiger partial charge on any atom is 0.339 e. The zero-order valence-electron chi connectivity index (χ0n) is 28.4. The monoisotopic (exact) mass is 606 g/mol. The van der Waals surface area contributed by atoms with Crippen LogP contribution >= 0.6 is 0 Å². The predicted octanol–water partition coefficient (Wildman–Crippen LogP) is 11.5. The number of hydrogen-bond acceptors (Lipinski definition) is 5. The highest BCUT2D eigenvalue weighted by molar-refractivity contribution is 5.95. The number of ether oxygens (including phenoxy) is 1. The molecular weight excluding hydrogens is 540 g/mol. The summed E-state index contributed by atoms with van der Waals surface area (Å²) in [6.45, 7) is 9.68. The molecule has 0 radical (unpaired) electrons. The van der Waals surface area contributed by atoms with Crippen LogP contribution in [0, 0.1) is 0 Å². The molecular formula is C37H66O6. The zero-order chi connectivity index (χ0) is 31.5. The van der Waals surface area contributed by atoms with Crippen molar-refractivity contribution in [3.63, 3.8) is 0 Å². The molecule has 1 rings (SSSR count). The number of rotatable bonds is 30. The van der Waals surface area contributed by atoms with Crippen LogP contribution in [0.4, 0.5) is 0 Å². The van der Waals surface area contributed by atoms with Crippen LogP contribution in [0.5, 0.6) is 17.2 Å². The number of hydrogen-bond donors (Lipinski definition) is 2. The van der Waals surface area contributed by atoms with Gasteiger partial charge in [-0.25, -0.2) is 4.79 Å². The smallest absolute Gasteiger partial charge is 0.339 e. The molecule has 1 aromatic rings. The predicted molar refractivity (Wildman–Crippen MR) is 179 cm³/mol. The molecule has 6 heteroatoms. The highest BCUT2D eigenvalue weighted by atomic mass is 17.2. The molecule has 0 aliphatic heterocycles. The Morgan fingerprint density at radius 2 is 0.953 bits per heavy atom. The Balaban J connectivity index is 3.31. The van der Waals surface area contributed by atoms with E-state index < -0.39 is 5.97 Å². The quantitative estimate of drug-likeness (QED) is 0.0515. The maximum absolute atomic E-state index is 12.6. The summed E-state index contributed by atoms with van der Waals surface area (Å²) in [4.78, 5) is 23.9. The van der Waals surface area contributed by atoms with Crippen LogP contribution in [0.25, 0.3) is 0 Å². The minimum Gasteiger partial charge on any atom is -0.503 e. The minimum atomic E-state index is -1.13. The lowest BCUT2D eigenvalue weighted by Crippen LogP contribution is -2.13. The Morgan fingerprint density at radius 1 is 0.535 bits per heavy atom. The Labute approximate surface area is 264 Å². The summed E-state index contributed by atoms with van der Waals surface area (Å²) in [5.41, 5.74) is 1.55. The number of carboxylic acids is 1. The van der Waals surface area contributed by atoms with E-state index in [2.05, 4.69) is 27.7 Å². The summed E-state index contributed by atoms with van der Waals surface area (Å²) in [5, 5.41) is 21.7. The van der Waals surface area contributed by atoms with Crippen molar-refractivity contribution >= 4 is 5.97 Å². The first kappa shape index (κ1) is 39.1. The lowest BCUT2D eigenvalue weighted by atomic mass is 9.90. The average Bonchev–Trinajstić information content (AvgIpc) is 2.99. The topological polar surface area (TPSA) is 85.2 Å². The second kappa shape index (κ2) is 26.5. The van der Waals surface area contributed by atoms with Crippen LogP contribution in [-0.2, 0) is 17.7 Å². The fraction of sp³-hybridized carbons (Fsp3) is 0.811. The number of phenols is 1. The van der Waals surface area contributed by atoms with Crippen LogP contribution < -0.4 is 9.62 Å². The average molecular weight is 607 g/mol. The highest BCUT2D eigenvalue weighted by Crippen LogP contribution is 2.46. The van der Waals surface area contributed by atoms with Gasteiger partial charge in [0.2, 0.25) is 5.75 Å². The Morgan fingerprint density at radius 3 is 1.44 bits per heavy atom. The summed E-state index contributed by atoms with van der Waals surface area (Å²) in [6.07, 6.45) is 25.9. The standard InChI is InChI=1S/C37H66O6/c1-5-9-13-17-19-21-23-27-31-32(28-24-22-20-18-14-10-6-2)35(41-29-25-15-11-7-3)36(34(38)33(31)37(39)40)43-42-30-26-16-12-8-4/h38H,5-30H2,1-4H3,(H,39,40). The SMILES string of the molecule is CCCCCCCCCc1c(CCCCCCCCC)c(C(=O)O)c(O)c(OOCCCCCC)c1OCCCCCC. The number of benzene rings is 1. The molecule has 6 nitrogen and oxygen atoms in total. The third kappa shape index (κ3) is 16.6. The fourth-order valence-electron chi connectivity index (χ4n) is 5.70. The molecule has 0 spiro atoms. The molecule has 43 heavy (non-hydrogen) atoms. The first-order valence-electron chi connectivity index (χ1n) is 18.1. The van der Waals surface area contributed by atoms with E-state index in [0.29, 0.717) is 37.4 Å². The van der Waals surface area contributed by atoms with E-state index in [1.54, 1.807) is 0 Å². The summed E-state index contributed by atoms with van der Waals surface area (Å²) in [6, 6.07) is 0. The molecule has 0 fully saturated rings. The van der Waals surface area contributed by atoms with Gasteiger partial charge in [0.25, 0.3) is 0 Å². The van der Waals surface area contributed by atoms with E-state index in [1.807, 2.05) is 0 Å². The molecule has 0 aliphatic rings. The normalized spacial score (nSPS) is 11.3. The molecule has 0 saturated carbocycles. The van der Waals surface area contributed by atoms with Gasteiger partial charge in [-0.3, -0.25) is 0 Å². The van der Waals surface area contributed by atoms with Crippen molar-refractivity contribution in [2.45, 2.75) is 182 Å². The summed E-state index contributed by atoms with van der Waals surface area (Å²) in [5.74, 6) is -0.981. The number of unbranched alkanes of at least 4 members (excludes halogenated alkanes) is 18. The summed E-state index contributed by atoms with van der Waals surface area (Å²) < 4.78 is 6.39. The molecule has 0 heterocycles. The molecule has 2 N–H and O–H groups in total. The van der Waals surface area contributed by atoms with Crippen molar-refractivity contribution < 1.29 is 29.5 Å². The molecule has 250 valence electrons. The van der Waals surface area contributed by atoms with Gasteiger partial charge >= 0.3 is 5.97 Å². The third-order valence-corrected chi connectivity index (χ3v) is 8.34. The molecule has 0 aromatic heterocycles. The number of aromatic carboxylic acids is 1. The molecule has 1 aromatic carbocycles. The van der Waals surface area contributed by atoms with Crippen molar-refractivity contribution in [3.05, 3.63) is 16.7 Å². The first-order valence-corrected chi connectivity index (χ1v) is 18.1. The highest BCUT2D eigenvalue weighted by Gasteiger charge is 2.30. The van der Waals surface area contributed by atoms with Crippen molar-refractivity contribution in [3.8, 4) is 17.2 Å². The van der Waals surface area contributed by atoms with Crippen molar-refractivity contribution in [1.29, 1.82) is 0 Å². The van der Waals surface area contributed by atoms with Crippen LogP contribution in [0.15, 0.2) is 0 Å². The van der Waals surface area contributed by atoms with E-state index in [9.17, 15) is 15.0 Å². The van der Waals surface area contributed by atoms with Gasteiger partial charge in [0.1, 0.15) is 5.56 Å². The zero-order valence-corrected chi connectivity index (χ0v) is 28.4. The van der Waals surface area contributed by atoms with Crippen LogP contribution in [0.3, 0.4) is 0 Å². The Bertz CT molecular complexity index is 837. The maximum atomic E-state index is 12.6. The lowest BCUT2D eigenvalue weighted by Gasteiger charge is -2.22. The van der Waals surface area contributed by atoms with Gasteiger partial charge < -0.3 is 19.8 Å². The third-order valence-electron chi connectivity index (χ3n) is 8.34. The minimum absolute atomic E-state index is 0.0321. The van der Waals surface area contributed by atoms with Gasteiger partial charge in [-0.15, -0.1) is 0 Å². The van der Waals surface area contributed by atoms with Gasteiger partial charge in [-0.1, -0.05) is 143 Å². The summed E-state index contributed by atoms with van der Waals surface area (Å²) >= 11 is 0. The van der Waals surface area contributed by atoms with Gasteiger partial charge in [0, 0.05) is 5.56 Å². The summed E-state index contributed by atoms with van der Waals surface area (Å²) in [7, 11) is 0. The lowest BCUT2D eigenvalue weighted by molar-refractivity contribution is -0.209. The van der Waals surface area contributed by atoms with Crippen LogP contribution in [0.2, 0.25) is 0 Å². The van der Waals surface area contributed by atoms with Crippen LogP contribution in [0.1, 0.15) is 190 Å². The molecule has 0 aliphatic carbocycles. The second-order valence-electron chi connectivity index (χ2n) is 12.3. The Kier molecular flexibility index (Phi) is 24.0. The van der Waals surface area contributed by atoms with Crippen LogP contribution in [-0.4, -0.2) is 29.4 Å². The van der Waals surface area contributed by atoms with E-state index >= 15 is 0 Å². The number of carboxylic acid groups (broad SMARTS) is 1.